The molecule has 1 N–H and O–H groups in total. The summed E-state index contributed by atoms with van der Waals surface area (Å²) in [6.07, 6.45) is 0. The van der Waals surface area contributed by atoms with Crippen LogP contribution in [0.25, 0.3) is 0 Å². The molecule has 142 valence electrons. The Hall–Kier alpha value is -2.08. The number of halogens is 1. The number of amides is 1. The van der Waals surface area contributed by atoms with Crippen molar-refractivity contribution in [1.29, 1.82) is 0 Å². The average Bonchev–Trinajstić information content (AvgIpc) is 3.26. The quantitative estimate of drug-likeness (QED) is 0.482. The van der Waals surface area contributed by atoms with Gasteiger partial charge in [0.25, 0.3) is 5.91 Å². The van der Waals surface area contributed by atoms with E-state index in [-0.39, 0.29) is 5.91 Å². The molecule has 1 saturated heterocycles. The molecule has 1 amide bonds. The first kappa shape index (κ1) is 19.2. The molecule has 0 saturated carbocycles. The molecule has 0 spiro atoms. The third kappa shape index (κ3) is 4.49. The van der Waals surface area contributed by atoms with Crippen molar-refractivity contribution in [2.45, 2.75) is 4.58 Å². The van der Waals surface area contributed by atoms with Crippen molar-refractivity contribution in [2.75, 3.05) is 16.8 Å². The highest BCUT2D eigenvalue weighted by Gasteiger charge is 2.18. The molecule has 1 aliphatic rings. The summed E-state index contributed by atoms with van der Waals surface area (Å²) in [6, 6.07) is 22.4. The molecule has 0 radical (unpaired) electrons. The number of hydrogen-bond acceptors (Lipinski definition) is 4. The second-order valence-corrected chi connectivity index (χ2v) is 9.31. The molecule has 0 bridgehead atoms. The first-order chi connectivity index (χ1) is 13.7. The zero-order chi connectivity index (χ0) is 19.3. The molecule has 3 nitrogen and oxygen atoms in total. The zero-order valence-corrected chi connectivity index (χ0v) is 17.3. The molecule has 3 aromatic rings. The van der Waals surface area contributed by atoms with Crippen molar-refractivity contribution in [3.63, 3.8) is 0 Å². The van der Waals surface area contributed by atoms with Gasteiger partial charge in [0, 0.05) is 17.1 Å². The van der Waals surface area contributed by atoms with E-state index >= 15 is 0 Å². The topological polar surface area (TPSA) is 38.3 Å². The highest BCUT2D eigenvalue weighted by atomic mass is 35.5. The van der Waals surface area contributed by atoms with Gasteiger partial charge in [0.2, 0.25) is 0 Å². The molecule has 28 heavy (non-hydrogen) atoms. The number of carbonyl (C=O) groups is 1. The number of anilines is 1. The smallest absolute Gasteiger partial charge is 0.255 e. The molecule has 3 aromatic carbocycles. The largest absolute Gasteiger partial charge is 0.454 e. The molecule has 0 atom stereocenters. The van der Waals surface area contributed by atoms with Gasteiger partial charge in [-0.1, -0.05) is 48.0 Å². The second kappa shape index (κ2) is 8.95. The Morgan fingerprint density at radius 2 is 1.54 bits per heavy atom. The van der Waals surface area contributed by atoms with E-state index in [1.165, 1.54) is 17.1 Å². The van der Waals surface area contributed by atoms with E-state index in [9.17, 15) is 4.79 Å². The monoisotopic (exact) mass is 427 g/mol. The van der Waals surface area contributed by atoms with E-state index in [0.717, 1.165) is 0 Å². The van der Waals surface area contributed by atoms with Crippen LogP contribution in [0.2, 0.25) is 5.02 Å². The van der Waals surface area contributed by atoms with Crippen LogP contribution in [0.1, 0.15) is 20.5 Å². The first-order valence-corrected chi connectivity index (χ1v) is 11.3. The maximum atomic E-state index is 12.7. The van der Waals surface area contributed by atoms with Crippen LogP contribution in [0.15, 0.2) is 72.8 Å². The van der Waals surface area contributed by atoms with Gasteiger partial charge in [0.05, 0.1) is 15.3 Å². The summed E-state index contributed by atoms with van der Waals surface area (Å²) in [4.78, 5) is 12.7. The second-order valence-electron chi connectivity index (χ2n) is 6.18. The van der Waals surface area contributed by atoms with E-state index < -0.39 is 0 Å². The fourth-order valence-corrected chi connectivity index (χ4v) is 5.88. The SMILES string of the molecule is O=C(Nc1ccccc1Oc1ccccc1Cl)c1ccc(C2SCCS2)cc1. The van der Waals surface area contributed by atoms with Gasteiger partial charge in [0.1, 0.15) is 5.75 Å². The van der Waals surface area contributed by atoms with E-state index in [1.807, 2.05) is 78.1 Å². The van der Waals surface area contributed by atoms with Gasteiger partial charge >= 0.3 is 0 Å². The maximum absolute atomic E-state index is 12.7. The van der Waals surface area contributed by atoms with Gasteiger partial charge < -0.3 is 10.1 Å². The van der Waals surface area contributed by atoms with Gasteiger partial charge in [-0.25, -0.2) is 0 Å². The number of para-hydroxylation sites is 3. The fraction of sp³-hybridized carbons (Fsp3) is 0.136. The molecule has 1 aliphatic heterocycles. The van der Waals surface area contributed by atoms with Gasteiger partial charge in [-0.05, 0) is 42.0 Å². The summed E-state index contributed by atoms with van der Waals surface area (Å²) in [5.74, 6) is 3.27. The summed E-state index contributed by atoms with van der Waals surface area (Å²) in [7, 11) is 0. The van der Waals surface area contributed by atoms with Crippen molar-refractivity contribution in [1.82, 2.24) is 0 Å². The summed E-state index contributed by atoms with van der Waals surface area (Å²) in [6.45, 7) is 0. The van der Waals surface area contributed by atoms with Crippen LogP contribution in [-0.4, -0.2) is 17.4 Å². The van der Waals surface area contributed by atoms with Crippen LogP contribution in [0, 0.1) is 0 Å². The third-order valence-corrected chi connectivity index (χ3v) is 7.68. The lowest BCUT2D eigenvalue weighted by molar-refractivity contribution is 0.102. The van der Waals surface area contributed by atoms with Crippen LogP contribution >= 0.6 is 35.1 Å². The van der Waals surface area contributed by atoms with E-state index in [0.29, 0.717) is 32.4 Å². The summed E-state index contributed by atoms with van der Waals surface area (Å²) in [5.41, 5.74) is 2.47. The van der Waals surface area contributed by atoms with E-state index in [2.05, 4.69) is 5.32 Å². The Bertz CT molecular complexity index is 972. The number of thioether (sulfide) groups is 2. The Kier molecular flexibility index (Phi) is 6.15. The van der Waals surface area contributed by atoms with E-state index in [1.54, 1.807) is 18.2 Å². The lowest BCUT2D eigenvalue weighted by Gasteiger charge is -2.13. The van der Waals surface area contributed by atoms with Crippen molar-refractivity contribution in [3.05, 3.63) is 88.9 Å². The summed E-state index contributed by atoms with van der Waals surface area (Å²) < 4.78 is 6.39. The number of nitrogens with one attached hydrogen (secondary N) is 1. The van der Waals surface area contributed by atoms with Crippen LogP contribution in [0.3, 0.4) is 0 Å². The molecule has 4 rings (SSSR count). The minimum absolute atomic E-state index is 0.173. The highest BCUT2D eigenvalue weighted by molar-refractivity contribution is 8.19. The fourth-order valence-electron chi connectivity index (χ4n) is 2.84. The molecular formula is C22H18ClNO2S2. The Morgan fingerprint density at radius 1 is 0.893 bits per heavy atom. The molecular weight excluding hydrogens is 410 g/mol. The van der Waals surface area contributed by atoms with Crippen LogP contribution < -0.4 is 10.1 Å². The Labute approximate surface area is 177 Å². The number of rotatable bonds is 5. The number of benzene rings is 3. The lowest BCUT2D eigenvalue weighted by Crippen LogP contribution is -2.12. The minimum Gasteiger partial charge on any atom is -0.454 e. The van der Waals surface area contributed by atoms with Crippen LogP contribution in [0.5, 0.6) is 11.5 Å². The third-order valence-electron chi connectivity index (χ3n) is 4.26. The predicted octanol–water partition coefficient (Wildman–Crippen LogP) is 6.86. The molecule has 1 heterocycles. The Balaban J connectivity index is 1.49. The van der Waals surface area contributed by atoms with Crippen molar-refractivity contribution >= 4 is 46.7 Å². The maximum Gasteiger partial charge on any atom is 0.255 e. The van der Waals surface area contributed by atoms with Crippen molar-refractivity contribution in [2.24, 2.45) is 0 Å². The van der Waals surface area contributed by atoms with Crippen molar-refractivity contribution < 1.29 is 9.53 Å². The minimum atomic E-state index is -0.173. The van der Waals surface area contributed by atoms with Crippen LogP contribution in [-0.2, 0) is 0 Å². The van der Waals surface area contributed by atoms with Gasteiger partial charge in [0.15, 0.2) is 5.75 Å². The zero-order valence-electron chi connectivity index (χ0n) is 14.9. The predicted molar refractivity (Wildman–Crippen MR) is 120 cm³/mol. The molecule has 0 aromatic heterocycles. The van der Waals surface area contributed by atoms with E-state index in [4.69, 9.17) is 16.3 Å². The summed E-state index contributed by atoms with van der Waals surface area (Å²) in [5, 5.41) is 3.45. The van der Waals surface area contributed by atoms with Crippen molar-refractivity contribution in [3.8, 4) is 11.5 Å². The summed E-state index contributed by atoms with van der Waals surface area (Å²) >= 11 is 10.1. The first-order valence-electron chi connectivity index (χ1n) is 8.86. The molecule has 6 heteroatoms. The van der Waals surface area contributed by atoms with Gasteiger partial charge in [-0.15, -0.1) is 23.5 Å². The molecule has 0 aliphatic carbocycles. The normalized spacial score (nSPS) is 14.0. The van der Waals surface area contributed by atoms with Gasteiger partial charge in [-0.3, -0.25) is 4.79 Å². The average molecular weight is 428 g/mol. The standard InChI is InChI=1S/C22H18ClNO2S2/c23-17-5-1-3-7-19(17)26-20-8-4-2-6-18(20)24-21(25)15-9-11-16(12-10-15)22-27-13-14-28-22/h1-12,22H,13-14H2,(H,24,25). The highest BCUT2D eigenvalue weighted by Crippen LogP contribution is 2.45. The number of carbonyl (C=O) groups excluding carboxylic acids is 1. The van der Waals surface area contributed by atoms with Crippen LogP contribution in [0.4, 0.5) is 5.69 Å². The lowest BCUT2D eigenvalue weighted by atomic mass is 10.1. The molecule has 0 unspecified atom stereocenters. The Morgan fingerprint density at radius 3 is 2.25 bits per heavy atom. The number of hydrogen-bond donors (Lipinski definition) is 1. The van der Waals surface area contributed by atoms with Gasteiger partial charge in [-0.2, -0.15) is 0 Å². The number of ether oxygens (including phenoxy) is 1. The molecule has 1 fully saturated rings.